The van der Waals surface area contributed by atoms with Crippen molar-refractivity contribution in [2.75, 3.05) is 13.2 Å². The molecule has 1 aromatic rings. The van der Waals surface area contributed by atoms with Crippen LogP contribution in [-0.4, -0.2) is 42.8 Å². The fourth-order valence-electron chi connectivity index (χ4n) is 2.41. The molecule has 6 nitrogen and oxygen atoms in total. The minimum absolute atomic E-state index is 0.145. The van der Waals surface area contributed by atoms with Gasteiger partial charge in [0.1, 0.15) is 12.4 Å². The third-order valence-electron chi connectivity index (χ3n) is 3.70. The second kappa shape index (κ2) is 8.34. The molecule has 2 atom stereocenters. The predicted octanol–water partition coefficient (Wildman–Crippen LogP) is 2.70. The van der Waals surface area contributed by atoms with Crippen molar-refractivity contribution < 1.29 is 23.8 Å². The largest absolute Gasteiger partial charge is 0.491 e. The molecule has 1 aromatic carbocycles. The number of carbonyl (C=O) groups is 2. The topological polar surface area (TPSA) is 73.9 Å². The molecule has 2 rings (SSSR count). The van der Waals surface area contributed by atoms with E-state index in [1.54, 1.807) is 31.2 Å². The fourth-order valence-corrected chi connectivity index (χ4v) is 2.41. The van der Waals surface area contributed by atoms with Crippen molar-refractivity contribution in [3.63, 3.8) is 0 Å². The van der Waals surface area contributed by atoms with Crippen molar-refractivity contribution in [3.8, 4) is 5.75 Å². The van der Waals surface area contributed by atoms with Crippen molar-refractivity contribution in [2.45, 2.75) is 58.3 Å². The molecule has 1 heterocycles. The van der Waals surface area contributed by atoms with Crippen LogP contribution in [0.25, 0.3) is 0 Å². The van der Waals surface area contributed by atoms with E-state index in [2.05, 4.69) is 5.32 Å². The van der Waals surface area contributed by atoms with Crippen molar-refractivity contribution in [2.24, 2.45) is 0 Å². The number of esters is 1. The first-order chi connectivity index (χ1) is 11.7. The quantitative estimate of drug-likeness (QED) is 0.800. The van der Waals surface area contributed by atoms with E-state index < -0.39 is 12.1 Å². The molecule has 1 N–H and O–H groups in total. The Bertz CT molecular complexity index is 585. The highest BCUT2D eigenvalue weighted by molar-refractivity contribution is 5.92. The SMILES string of the molecule is C[C@H](OC(=O)c1ccc(OC[C@H]2CCCO2)cc1)C(=O)NC(C)(C)C. The second-order valence-corrected chi connectivity index (χ2v) is 7.26. The van der Waals surface area contributed by atoms with Gasteiger partial charge >= 0.3 is 5.97 Å². The van der Waals surface area contributed by atoms with Gasteiger partial charge in [-0.05, 0) is 64.8 Å². The third kappa shape index (κ3) is 6.38. The Labute approximate surface area is 148 Å². The lowest BCUT2D eigenvalue weighted by atomic mass is 10.1. The van der Waals surface area contributed by atoms with Gasteiger partial charge in [0.2, 0.25) is 0 Å². The molecule has 0 aliphatic carbocycles. The van der Waals surface area contributed by atoms with Crippen LogP contribution in [0, 0.1) is 0 Å². The molecular weight excluding hydrogens is 322 g/mol. The Kier molecular flexibility index (Phi) is 6.42. The summed E-state index contributed by atoms with van der Waals surface area (Å²) in [5.41, 5.74) is -0.000344. The molecule has 0 radical (unpaired) electrons. The van der Waals surface area contributed by atoms with Gasteiger partial charge < -0.3 is 19.5 Å². The van der Waals surface area contributed by atoms with Gasteiger partial charge in [-0.3, -0.25) is 4.79 Å². The highest BCUT2D eigenvalue weighted by Gasteiger charge is 2.23. The van der Waals surface area contributed by atoms with Gasteiger partial charge in [0.25, 0.3) is 5.91 Å². The fraction of sp³-hybridized carbons (Fsp3) is 0.579. The molecule has 0 spiro atoms. The lowest BCUT2D eigenvalue weighted by Gasteiger charge is -2.23. The molecule has 0 aromatic heterocycles. The number of hydrogen-bond acceptors (Lipinski definition) is 5. The van der Waals surface area contributed by atoms with Crippen LogP contribution in [0.1, 0.15) is 50.9 Å². The second-order valence-electron chi connectivity index (χ2n) is 7.26. The van der Waals surface area contributed by atoms with Crippen molar-refractivity contribution >= 4 is 11.9 Å². The molecule has 1 saturated heterocycles. The molecule has 6 heteroatoms. The molecule has 1 aliphatic heterocycles. The van der Waals surface area contributed by atoms with Gasteiger partial charge in [-0.2, -0.15) is 0 Å². The minimum atomic E-state index is -0.859. The summed E-state index contributed by atoms with van der Waals surface area (Å²) in [5.74, 6) is -0.190. The lowest BCUT2D eigenvalue weighted by Crippen LogP contribution is -2.46. The summed E-state index contributed by atoms with van der Waals surface area (Å²) in [6.07, 6.45) is 1.37. The van der Waals surface area contributed by atoms with Crippen LogP contribution < -0.4 is 10.1 Å². The van der Waals surface area contributed by atoms with Gasteiger partial charge in [0, 0.05) is 12.1 Å². The molecule has 138 valence electrons. The average molecular weight is 349 g/mol. The van der Waals surface area contributed by atoms with E-state index >= 15 is 0 Å². The summed E-state index contributed by atoms with van der Waals surface area (Å²) >= 11 is 0. The highest BCUT2D eigenvalue weighted by Crippen LogP contribution is 2.17. The Morgan fingerprint density at radius 3 is 2.52 bits per heavy atom. The van der Waals surface area contributed by atoms with Gasteiger partial charge in [0.15, 0.2) is 6.10 Å². The zero-order valence-electron chi connectivity index (χ0n) is 15.3. The van der Waals surface area contributed by atoms with Crippen LogP contribution in [0.15, 0.2) is 24.3 Å². The number of hydrogen-bond donors (Lipinski definition) is 1. The highest BCUT2D eigenvalue weighted by atomic mass is 16.5. The number of ether oxygens (including phenoxy) is 3. The zero-order chi connectivity index (χ0) is 18.4. The standard InChI is InChI=1S/C19H27NO5/c1-13(17(21)20-19(2,3)4)25-18(22)14-7-9-15(10-8-14)24-12-16-6-5-11-23-16/h7-10,13,16H,5-6,11-12H2,1-4H3,(H,20,21)/t13-,16+/m0/s1. The molecule has 1 fully saturated rings. The number of amides is 1. The molecule has 0 saturated carbocycles. The van der Waals surface area contributed by atoms with Gasteiger partial charge in [-0.15, -0.1) is 0 Å². The van der Waals surface area contributed by atoms with E-state index in [9.17, 15) is 9.59 Å². The van der Waals surface area contributed by atoms with Crippen LogP contribution in [0.4, 0.5) is 0 Å². The predicted molar refractivity (Wildman–Crippen MR) is 93.7 cm³/mol. The summed E-state index contributed by atoms with van der Waals surface area (Å²) in [6, 6.07) is 6.68. The van der Waals surface area contributed by atoms with E-state index in [4.69, 9.17) is 14.2 Å². The first-order valence-corrected chi connectivity index (χ1v) is 8.62. The Morgan fingerprint density at radius 2 is 1.96 bits per heavy atom. The Hall–Kier alpha value is -2.08. The van der Waals surface area contributed by atoms with Crippen LogP contribution in [0.5, 0.6) is 5.75 Å². The van der Waals surface area contributed by atoms with Crippen LogP contribution >= 0.6 is 0 Å². The van der Waals surface area contributed by atoms with E-state index in [-0.39, 0.29) is 17.6 Å². The molecule has 0 unspecified atom stereocenters. The van der Waals surface area contributed by atoms with E-state index in [0.717, 1.165) is 19.4 Å². The maximum absolute atomic E-state index is 12.1. The van der Waals surface area contributed by atoms with Crippen molar-refractivity contribution in [3.05, 3.63) is 29.8 Å². The average Bonchev–Trinajstić information content (AvgIpc) is 3.05. The molecule has 25 heavy (non-hydrogen) atoms. The van der Waals surface area contributed by atoms with Crippen molar-refractivity contribution in [1.82, 2.24) is 5.32 Å². The number of carbonyl (C=O) groups excluding carboxylic acids is 2. The molecule has 1 amide bonds. The third-order valence-corrected chi connectivity index (χ3v) is 3.70. The maximum Gasteiger partial charge on any atom is 0.338 e. The number of rotatable bonds is 6. The van der Waals surface area contributed by atoms with E-state index in [1.165, 1.54) is 0 Å². The zero-order valence-corrected chi connectivity index (χ0v) is 15.3. The molecule has 0 bridgehead atoms. The van der Waals surface area contributed by atoms with Crippen molar-refractivity contribution in [1.29, 1.82) is 0 Å². The summed E-state index contributed by atoms with van der Waals surface area (Å²) in [7, 11) is 0. The monoisotopic (exact) mass is 349 g/mol. The molecular formula is C19H27NO5. The van der Waals surface area contributed by atoms with Gasteiger partial charge in [-0.1, -0.05) is 0 Å². The van der Waals surface area contributed by atoms with E-state index in [1.807, 2.05) is 20.8 Å². The number of nitrogens with one attached hydrogen (secondary N) is 1. The molecule has 1 aliphatic rings. The normalized spacial score (nSPS) is 18.5. The van der Waals surface area contributed by atoms with Gasteiger partial charge in [-0.25, -0.2) is 4.79 Å². The van der Waals surface area contributed by atoms with E-state index in [0.29, 0.717) is 17.9 Å². The summed E-state index contributed by atoms with van der Waals surface area (Å²) in [4.78, 5) is 24.1. The Balaban J connectivity index is 1.83. The van der Waals surface area contributed by atoms with Crippen LogP contribution in [0.2, 0.25) is 0 Å². The lowest BCUT2D eigenvalue weighted by molar-refractivity contribution is -0.130. The smallest absolute Gasteiger partial charge is 0.338 e. The van der Waals surface area contributed by atoms with Gasteiger partial charge in [0.05, 0.1) is 11.7 Å². The van der Waals surface area contributed by atoms with Crippen LogP contribution in [0.3, 0.4) is 0 Å². The van der Waals surface area contributed by atoms with Crippen LogP contribution in [-0.2, 0) is 14.3 Å². The summed E-state index contributed by atoms with van der Waals surface area (Å²) < 4.78 is 16.4. The Morgan fingerprint density at radius 1 is 1.28 bits per heavy atom. The summed E-state index contributed by atoms with van der Waals surface area (Å²) in [6.45, 7) is 8.46. The summed E-state index contributed by atoms with van der Waals surface area (Å²) in [5, 5.41) is 2.78. The first kappa shape index (κ1) is 19.2. The number of benzene rings is 1. The first-order valence-electron chi connectivity index (χ1n) is 8.62. The minimum Gasteiger partial charge on any atom is -0.491 e. The maximum atomic E-state index is 12.1.